The van der Waals surface area contributed by atoms with E-state index in [1.807, 2.05) is 17.9 Å². The molecule has 1 saturated carbocycles. The normalized spacial score (nSPS) is 32.5. The van der Waals surface area contributed by atoms with E-state index in [2.05, 4.69) is 16.2 Å². The van der Waals surface area contributed by atoms with Gasteiger partial charge in [-0.2, -0.15) is 5.10 Å². The number of carbonyl (C=O) groups excluding carboxylic acids is 1. The van der Waals surface area contributed by atoms with Crippen molar-refractivity contribution < 1.29 is 14.6 Å². The second kappa shape index (κ2) is 6.38. The van der Waals surface area contributed by atoms with Crippen molar-refractivity contribution in [2.24, 2.45) is 18.9 Å². The lowest BCUT2D eigenvalue weighted by Crippen LogP contribution is -2.39. The molecule has 3 rings (SSSR count). The van der Waals surface area contributed by atoms with Crippen LogP contribution in [-0.2, 0) is 23.0 Å². The second-order valence-corrected chi connectivity index (χ2v) is 6.70. The van der Waals surface area contributed by atoms with Crippen LogP contribution in [0.1, 0.15) is 24.8 Å². The van der Waals surface area contributed by atoms with Crippen LogP contribution < -0.4 is 0 Å². The fourth-order valence-electron chi connectivity index (χ4n) is 3.99. The predicted molar refractivity (Wildman–Crippen MR) is 81.1 cm³/mol. The van der Waals surface area contributed by atoms with Crippen LogP contribution in [0.3, 0.4) is 0 Å². The maximum atomic E-state index is 11.7. The summed E-state index contributed by atoms with van der Waals surface area (Å²) in [6.07, 6.45) is 7.00. The Morgan fingerprint density at radius 3 is 3.00 bits per heavy atom. The Morgan fingerprint density at radius 2 is 2.32 bits per heavy atom. The summed E-state index contributed by atoms with van der Waals surface area (Å²) in [5, 5.41) is 14.5. The molecule has 1 aliphatic carbocycles. The molecule has 0 amide bonds. The second-order valence-electron chi connectivity index (χ2n) is 6.70. The molecule has 2 fully saturated rings. The molecule has 2 aliphatic rings. The zero-order valence-corrected chi connectivity index (χ0v) is 13.3. The number of nitrogens with zero attached hydrogens (tertiary/aromatic N) is 3. The van der Waals surface area contributed by atoms with Gasteiger partial charge >= 0.3 is 5.97 Å². The third-order valence-electron chi connectivity index (χ3n) is 5.10. The number of methoxy groups -OCH3 is 1. The Bertz CT molecular complexity index is 530. The van der Waals surface area contributed by atoms with Gasteiger partial charge in [0, 0.05) is 25.8 Å². The molecule has 2 heterocycles. The number of hydrogen-bond acceptors (Lipinski definition) is 5. The summed E-state index contributed by atoms with van der Waals surface area (Å²) in [6.45, 7) is 1.99. The Balaban J connectivity index is 1.55. The summed E-state index contributed by atoms with van der Waals surface area (Å²) < 4.78 is 6.66. The van der Waals surface area contributed by atoms with Gasteiger partial charge in [-0.15, -0.1) is 0 Å². The monoisotopic (exact) mass is 307 g/mol. The van der Waals surface area contributed by atoms with Gasteiger partial charge in [-0.1, -0.05) is 0 Å². The van der Waals surface area contributed by atoms with Crippen molar-refractivity contribution in [1.82, 2.24) is 14.7 Å². The number of hydrogen-bond donors (Lipinski definition) is 1. The van der Waals surface area contributed by atoms with E-state index < -0.39 is 6.10 Å². The van der Waals surface area contributed by atoms with Crippen LogP contribution in [0.5, 0.6) is 0 Å². The SMILES string of the molecule is COC(=O)[C@H]1C[C@@H](N2CC[C@H](Cc3cnn(C)c3)C2)[C@@H](O)C1. The number of aryl methyl sites for hydroxylation is 1. The number of aromatic nitrogens is 2. The molecule has 4 atom stereocenters. The largest absolute Gasteiger partial charge is 0.469 e. The van der Waals surface area contributed by atoms with Gasteiger partial charge in [-0.3, -0.25) is 14.4 Å². The van der Waals surface area contributed by atoms with E-state index in [9.17, 15) is 9.90 Å². The van der Waals surface area contributed by atoms with Crippen molar-refractivity contribution >= 4 is 5.97 Å². The van der Waals surface area contributed by atoms with Crippen LogP contribution in [0.2, 0.25) is 0 Å². The molecule has 6 heteroatoms. The summed E-state index contributed by atoms with van der Waals surface area (Å²) in [5.74, 6) is 0.267. The molecule has 1 aliphatic heterocycles. The van der Waals surface area contributed by atoms with Crippen LogP contribution in [0.25, 0.3) is 0 Å². The van der Waals surface area contributed by atoms with Crippen LogP contribution in [0.4, 0.5) is 0 Å². The van der Waals surface area contributed by atoms with Crippen LogP contribution in [0, 0.1) is 11.8 Å². The zero-order chi connectivity index (χ0) is 15.7. The Kier molecular flexibility index (Phi) is 4.49. The minimum Gasteiger partial charge on any atom is -0.469 e. The summed E-state index contributed by atoms with van der Waals surface area (Å²) >= 11 is 0. The summed E-state index contributed by atoms with van der Waals surface area (Å²) in [4.78, 5) is 14.0. The smallest absolute Gasteiger partial charge is 0.308 e. The van der Waals surface area contributed by atoms with E-state index in [1.165, 1.54) is 12.7 Å². The lowest BCUT2D eigenvalue weighted by Gasteiger charge is -2.26. The number of aliphatic hydroxyl groups excluding tert-OH is 1. The number of esters is 1. The first-order chi connectivity index (χ1) is 10.6. The number of carbonyl (C=O) groups is 1. The molecule has 0 aromatic carbocycles. The van der Waals surface area contributed by atoms with Crippen molar-refractivity contribution in [3.63, 3.8) is 0 Å². The fraction of sp³-hybridized carbons (Fsp3) is 0.750. The molecule has 22 heavy (non-hydrogen) atoms. The van der Waals surface area contributed by atoms with E-state index in [0.717, 1.165) is 25.9 Å². The number of rotatable bonds is 4. The molecule has 1 aromatic rings. The van der Waals surface area contributed by atoms with Crippen molar-refractivity contribution in [2.45, 2.75) is 37.8 Å². The maximum Gasteiger partial charge on any atom is 0.308 e. The zero-order valence-electron chi connectivity index (χ0n) is 13.3. The minimum absolute atomic E-state index is 0.1000. The van der Waals surface area contributed by atoms with Gasteiger partial charge in [0.25, 0.3) is 0 Å². The van der Waals surface area contributed by atoms with E-state index in [0.29, 0.717) is 18.8 Å². The Morgan fingerprint density at radius 1 is 1.50 bits per heavy atom. The van der Waals surface area contributed by atoms with Crippen LogP contribution in [-0.4, -0.2) is 58.1 Å². The van der Waals surface area contributed by atoms with Crippen molar-refractivity contribution in [3.8, 4) is 0 Å². The number of likely N-dealkylation sites (tertiary alicyclic amines) is 1. The molecule has 1 aromatic heterocycles. The highest BCUT2D eigenvalue weighted by molar-refractivity contribution is 5.72. The molecular formula is C16H25N3O3. The molecule has 0 bridgehead atoms. The first-order valence-electron chi connectivity index (χ1n) is 8.04. The minimum atomic E-state index is -0.416. The fourth-order valence-corrected chi connectivity index (χ4v) is 3.99. The number of aliphatic hydroxyl groups is 1. The van der Waals surface area contributed by atoms with Gasteiger partial charge < -0.3 is 9.84 Å². The van der Waals surface area contributed by atoms with Gasteiger partial charge in [0.2, 0.25) is 0 Å². The van der Waals surface area contributed by atoms with Crippen molar-refractivity contribution in [1.29, 1.82) is 0 Å². The molecule has 122 valence electrons. The highest BCUT2D eigenvalue weighted by Gasteiger charge is 2.42. The van der Waals surface area contributed by atoms with Gasteiger partial charge in [-0.05, 0) is 43.7 Å². The first kappa shape index (κ1) is 15.5. The molecule has 0 radical (unpaired) electrons. The third-order valence-corrected chi connectivity index (χ3v) is 5.10. The lowest BCUT2D eigenvalue weighted by atomic mass is 10.0. The van der Waals surface area contributed by atoms with E-state index in [-0.39, 0.29) is 17.9 Å². The highest BCUT2D eigenvalue weighted by atomic mass is 16.5. The first-order valence-corrected chi connectivity index (χ1v) is 8.04. The molecule has 0 spiro atoms. The molecule has 1 N–H and O–H groups in total. The van der Waals surface area contributed by atoms with E-state index >= 15 is 0 Å². The van der Waals surface area contributed by atoms with Gasteiger partial charge in [0.05, 0.1) is 25.3 Å². The van der Waals surface area contributed by atoms with Crippen LogP contribution >= 0.6 is 0 Å². The average Bonchev–Trinajstić information content (AvgIpc) is 3.19. The van der Waals surface area contributed by atoms with Gasteiger partial charge in [-0.25, -0.2) is 0 Å². The maximum absolute atomic E-state index is 11.7. The van der Waals surface area contributed by atoms with E-state index in [1.54, 1.807) is 0 Å². The molecular weight excluding hydrogens is 282 g/mol. The van der Waals surface area contributed by atoms with Crippen molar-refractivity contribution in [2.75, 3.05) is 20.2 Å². The van der Waals surface area contributed by atoms with E-state index in [4.69, 9.17) is 4.74 Å². The van der Waals surface area contributed by atoms with Crippen LogP contribution in [0.15, 0.2) is 12.4 Å². The molecule has 0 unspecified atom stereocenters. The van der Waals surface area contributed by atoms with Gasteiger partial charge in [0.1, 0.15) is 0 Å². The summed E-state index contributed by atoms with van der Waals surface area (Å²) in [5.41, 5.74) is 1.27. The summed E-state index contributed by atoms with van der Waals surface area (Å²) in [7, 11) is 3.36. The van der Waals surface area contributed by atoms with Crippen molar-refractivity contribution in [3.05, 3.63) is 18.0 Å². The lowest BCUT2D eigenvalue weighted by molar-refractivity contribution is -0.145. The number of ether oxygens (including phenoxy) is 1. The quantitative estimate of drug-likeness (QED) is 0.825. The van der Waals surface area contributed by atoms with Gasteiger partial charge in [0.15, 0.2) is 0 Å². The standard InChI is InChI=1S/C16H25N3O3/c1-18-9-12(8-17-18)5-11-3-4-19(10-11)14-6-13(7-15(14)20)16(21)22-2/h8-9,11,13-15,20H,3-7,10H2,1-2H3/t11-,13+,14-,15+/m1/s1. The highest BCUT2D eigenvalue weighted by Crippen LogP contribution is 2.34. The third kappa shape index (κ3) is 3.17. The molecule has 1 saturated heterocycles. The summed E-state index contributed by atoms with van der Waals surface area (Å²) in [6, 6.07) is 0.1000. The Hall–Kier alpha value is -1.40. The predicted octanol–water partition coefficient (Wildman–Crippen LogP) is 0.597. The average molecular weight is 307 g/mol. The Labute approximate surface area is 131 Å². The molecule has 6 nitrogen and oxygen atoms in total. The topological polar surface area (TPSA) is 67.6 Å².